The Morgan fingerprint density at radius 2 is 1.67 bits per heavy atom. The van der Waals surface area contributed by atoms with Crippen LogP contribution < -0.4 is 0 Å². The van der Waals surface area contributed by atoms with E-state index < -0.39 is 0 Å². The van der Waals surface area contributed by atoms with Crippen LogP contribution in [0, 0.1) is 11.8 Å². The number of ether oxygens (including phenoxy) is 1. The molecule has 21 heavy (non-hydrogen) atoms. The van der Waals surface area contributed by atoms with Gasteiger partial charge in [-0.15, -0.1) is 0 Å². The SMILES string of the molecule is CCOC(=O)c1ccc(CCC2CCC(CC)CC2)cc1. The predicted octanol–water partition coefficient (Wildman–Crippen LogP) is 5.01. The molecule has 0 radical (unpaired) electrons. The van der Waals surface area contributed by atoms with E-state index in [2.05, 4.69) is 19.1 Å². The van der Waals surface area contributed by atoms with Gasteiger partial charge in [0.25, 0.3) is 0 Å². The lowest BCUT2D eigenvalue weighted by molar-refractivity contribution is 0.0526. The summed E-state index contributed by atoms with van der Waals surface area (Å²) in [6.07, 6.45) is 9.41. The molecule has 116 valence electrons. The number of hydrogen-bond acceptors (Lipinski definition) is 2. The highest BCUT2D eigenvalue weighted by molar-refractivity contribution is 5.89. The molecule has 0 aliphatic heterocycles. The molecule has 0 bridgehead atoms. The van der Waals surface area contributed by atoms with Crippen LogP contribution in [0.2, 0.25) is 0 Å². The number of rotatable bonds is 6. The highest BCUT2D eigenvalue weighted by Gasteiger charge is 2.19. The summed E-state index contributed by atoms with van der Waals surface area (Å²) in [7, 11) is 0. The number of esters is 1. The Labute approximate surface area is 128 Å². The van der Waals surface area contributed by atoms with Crippen molar-refractivity contribution >= 4 is 5.97 Å². The second-order valence-corrected chi connectivity index (χ2v) is 6.25. The third-order valence-corrected chi connectivity index (χ3v) is 4.85. The standard InChI is InChI=1S/C19H28O2/c1-3-15-5-7-16(8-6-15)9-10-17-11-13-18(14-12-17)19(20)21-4-2/h11-16H,3-10H2,1-2H3. The lowest BCUT2D eigenvalue weighted by Gasteiger charge is -2.27. The number of carbonyl (C=O) groups is 1. The van der Waals surface area contributed by atoms with Crippen LogP contribution in [0.5, 0.6) is 0 Å². The maximum absolute atomic E-state index is 11.6. The van der Waals surface area contributed by atoms with Crippen LogP contribution in [-0.4, -0.2) is 12.6 Å². The molecular weight excluding hydrogens is 260 g/mol. The molecule has 1 aliphatic rings. The van der Waals surface area contributed by atoms with Gasteiger partial charge in [-0.3, -0.25) is 0 Å². The Morgan fingerprint density at radius 3 is 2.24 bits per heavy atom. The molecule has 0 amide bonds. The molecular formula is C19H28O2. The van der Waals surface area contributed by atoms with Gasteiger partial charge in [-0.2, -0.15) is 0 Å². The summed E-state index contributed by atoms with van der Waals surface area (Å²) < 4.78 is 5.00. The minimum Gasteiger partial charge on any atom is -0.462 e. The topological polar surface area (TPSA) is 26.3 Å². The van der Waals surface area contributed by atoms with Crippen molar-refractivity contribution in [2.75, 3.05) is 6.61 Å². The van der Waals surface area contributed by atoms with E-state index in [1.54, 1.807) is 0 Å². The summed E-state index contributed by atoms with van der Waals surface area (Å²) >= 11 is 0. The largest absolute Gasteiger partial charge is 0.462 e. The fourth-order valence-corrected chi connectivity index (χ4v) is 3.32. The molecule has 2 nitrogen and oxygen atoms in total. The Hall–Kier alpha value is -1.31. The second kappa shape index (κ2) is 8.21. The van der Waals surface area contributed by atoms with Gasteiger partial charge in [0.2, 0.25) is 0 Å². The summed E-state index contributed by atoms with van der Waals surface area (Å²) in [4.78, 5) is 11.6. The van der Waals surface area contributed by atoms with E-state index >= 15 is 0 Å². The molecule has 0 atom stereocenters. The van der Waals surface area contributed by atoms with Crippen molar-refractivity contribution in [2.24, 2.45) is 11.8 Å². The van der Waals surface area contributed by atoms with Crippen molar-refractivity contribution in [3.8, 4) is 0 Å². The first-order valence-corrected chi connectivity index (χ1v) is 8.49. The van der Waals surface area contributed by atoms with Crippen molar-refractivity contribution < 1.29 is 9.53 Å². The number of carbonyl (C=O) groups excluding carboxylic acids is 1. The van der Waals surface area contributed by atoms with Crippen molar-refractivity contribution in [2.45, 2.75) is 58.8 Å². The Balaban J connectivity index is 1.77. The molecule has 2 rings (SSSR count). The third-order valence-electron chi connectivity index (χ3n) is 4.85. The van der Waals surface area contributed by atoms with Crippen molar-refractivity contribution in [3.63, 3.8) is 0 Å². The Morgan fingerprint density at radius 1 is 1.05 bits per heavy atom. The van der Waals surface area contributed by atoms with Crippen molar-refractivity contribution in [1.82, 2.24) is 0 Å². The molecule has 1 saturated carbocycles. The fourth-order valence-electron chi connectivity index (χ4n) is 3.32. The minimum atomic E-state index is -0.220. The summed E-state index contributed by atoms with van der Waals surface area (Å²) in [6, 6.07) is 7.93. The van der Waals surface area contributed by atoms with Crippen LogP contribution in [-0.2, 0) is 11.2 Å². The van der Waals surface area contributed by atoms with E-state index in [0.717, 1.165) is 18.3 Å². The zero-order chi connectivity index (χ0) is 15.1. The zero-order valence-electron chi connectivity index (χ0n) is 13.4. The molecule has 0 unspecified atom stereocenters. The summed E-state index contributed by atoms with van der Waals surface area (Å²) in [5.74, 6) is 1.66. The Kier molecular flexibility index (Phi) is 6.28. The minimum absolute atomic E-state index is 0.220. The second-order valence-electron chi connectivity index (χ2n) is 6.25. The molecule has 0 aromatic heterocycles. The van der Waals surface area contributed by atoms with Gasteiger partial charge in [-0.05, 0) is 49.3 Å². The van der Waals surface area contributed by atoms with E-state index in [9.17, 15) is 4.79 Å². The number of hydrogen-bond donors (Lipinski definition) is 0. The van der Waals surface area contributed by atoms with Crippen LogP contribution in [0.4, 0.5) is 0 Å². The quantitative estimate of drug-likeness (QED) is 0.688. The molecule has 1 aromatic carbocycles. The lowest BCUT2D eigenvalue weighted by Crippen LogP contribution is -2.14. The number of aryl methyl sites for hydroxylation is 1. The smallest absolute Gasteiger partial charge is 0.338 e. The molecule has 0 spiro atoms. The van der Waals surface area contributed by atoms with Gasteiger partial charge < -0.3 is 4.74 Å². The van der Waals surface area contributed by atoms with Crippen LogP contribution in [0.15, 0.2) is 24.3 Å². The molecule has 1 aromatic rings. The molecule has 1 aliphatic carbocycles. The third kappa shape index (κ3) is 4.87. The summed E-state index contributed by atoms with van der Waals surface area (Å²) in [5, 5.41) is 0. The molecule has 1 fully saturated rings. The summed E-state index contributed by atoms with van der Waals surface area (Å²) in [5.41, 5.74) is 1.99. The van der Waals surface area contributed by atoms with Gasteiger partial charge in [0.05, 0.1) is 12.2 Å². The zero-order valence-corrected chi connectivity index (χ0v) is 13.4. The van der Waals surface area contributed by atoms with E-state index in [1.807, 2.05) is 19.1 Å². The first-order chi connectivity index (χ1) is 10.2. The molecule has 2 heteroatoms. The van der Waals surface area contributed by atoms with E-state index in [0.29, 0.717) is 12.2 Å². The maximum Gasteiger partial charge on any atom is 0.338 e. The molecule has 0 N–H and O–H groups in total. The first kappa shape index (κ1) is 16.1. The van der Waals surface area contributed by atoms with E-state index in [-0.39, 0.29) is 5.97 Å². The monoisotopic (exact) mass is 288 g/mol. The van der Waals surface area contributed by atoms with Crippen molar-refractivity contribution in [1.29, 1.82) is 0 Å². The normalized spacial score (nSPS) is 22.0. The summed E-state index contributed by atoms with van der Waals surface area (Å²) in [6.45, 7) is 4.58. The maximum atomic E-state index is 11.6. The average Bonchev–Trinajstić information content (AvgIpc) is 2.54. The molecule has 0 heterocycles. The van der Waals surface area contributed by atoms with Crippen LogP contribution in [0.1, 0.15) is 68.3 Å². The Bertz CT molecular complexity index is 427. The lowest BCUT2D eigenvalue weighted by atomic mass is 9.78. The van der Waals surface area contributed by atoms with E-state index in [4.69, 9.17) is 4.74 Å². The van der Waals surface area contributed by atoms with Gasteiger partial charge in [0.1, 0.15) is 0 Å². The first-order valence-electron chi connectivity index (χ1n) is 8.49. The van der Waals surface area contributed by atoms with Gasteiger partial charge in [0, 0.05) is 0 Å². The van der Waals surface area contributed by atoms with Crippen molar-refractivity contribution in [3.05, 3.63) is 35.4 Å². The van der Waals surface area contributed by atoms with E-state index in [1.165, 1.54) is 44.1 Å². The van der Waals surface area contributed by atoms with Gasteiger partial charge in [-0.25, -0.2) is 4.79 Å². The van der Waals surface area contributed by atoms with Gasteiger partial charge in [0.15, 0.2) is 0 Å². The highest BCUT2D eigenvalue weighted by atomic mass is 16.5. The van der Waals surface area contributed by atoms with Gasteiger partial charge in [-0.1, -0.05) is 51.2 Å². The highest BCUT2D eigenvalue weighted by Crippen LogP contribution is 2.33. The molecule has 0 saturated heterocycles. The van der Waals surface area contributed by atoms with Crippen LogP contribution in [0.25, 0.3) is 0 Å². The number of benzene rings is 1. The van der Waals surface area contributed by atoms with Gasteiger partial charge >= 0.3 is 5.97 Å². The van der Waals surface area contributed by atoms with Crippen LogP contribution in [0.3, 0.4) is 0 Å². The van der Waals surface area contributed by atoms with Crippen LogP contribution >= 0.6 is 0 Å². The average molecular weight is 288 g/mol. The predicted molar refractivity (Wildman–Crippen MR) is 86.5 cm³/mol. The fraction of sp³-hybridized carbons (Fsp3) is 0.632.